The summed E-state index contributed by atoms with van der Waals surface area (Å²) >= 11 is 0. The van der Waals surface area contributed by atoms with Gasteiger partial charge in [-0.1, -0.05) is 51.9 Å². The molecule has 0 amide bonds. The van der Waals surface area contributed by atoms with E-state index in [4.69, 9.17) is 0 Å². The van der Waals surface area contributed by atoms with Crippen molar-refractivity contribution in [3.63, 3.8) is 0 Å². The maximum Gasteiger partial charge on any atom is 0.0257 e. The minimum atomic E-state index is 0.887. The van der Waals surface area contributed by atoms with Gasteiger partial charge in [-0.3, -0.25) is 4.90 Å². The Labute approximate surface area is 108 Å². The van der Waals surface area contributed by atoms with E-state index in [-0.39, 0.29) is 0 Å². The molecule has 0 atom stereocenters. The van der Waals surface area contributed by atoms with Crippen LogP contribution in [0.25, 0.3) is 0 Å². The minimum Gasteiger partial charge on any atom is -0.293 e. The van der Waals surface area contributed by atoms with Crippen molar-refractivity contribution in [3.8, 4) is 0 Å². The second-order valence-corrected chi connectivity index (χ2v) is 6.00. The molecule has 2 aliphatic rings. The molecule has 0 bridgehead atoms. The third-order valence-electron chi connectivity index (χ3n) is 4.62. The topological polar surface area (TPSA) is 3.24 Å². The summed E-state index contributed by atoms with van der Waals surface area (Å²) in [4.78, 5) is 2.81. The van der Waals surface area contributed by atoms with Crippen molar-refractivity contribution in [1.82, 2.24) is 4.90 Å². The van der Waals surface area contributed by atoms with Gasteiger partial charge in [0.25, 0.3) is 0 Å². The zero-order valence-corrected chi connectivity index (χ0v) is 11.7. The number of rotatable bonds is 5. The molecule has 2 rings (SSSR count). The SMILES string of the molecule is CCC[CH]N(C1CCCCC1)C1CCCCC1. The largest absolute Gasteiger partial charge is 0.293 e. The van der Waals surface area contributed by atoms with Gasteiger partial charge in [0.1, 0.15) is 0 Å². The highest BCUT2D eigenvalue weighted by Crippen LogP contribution is 2.31. The summed E-state index contributed by atoms with van der Waals surface area (Å²) in [5, 5.41) is 0. The number of nitrogens with zero attached hydrogens (tertiary/aromatic N) is 1. The van der Waals surface area contributed by atoms with Gasteiger partial charge in [0, 0.05) is 18.6 Å². The molecule has 1 nitrogen and oxygen atoms in total. The van der Waals surface area contributed by atoms with E-state index in [1.165, 1.54) is 77.0 Å². The second kappa shape index (κ2) is 7.41. The Morgan fingerprint density at radius 2 is 1.29 bits per heavy atom. The van der Waals surface area contributed by atoms with E-state index >= 15 is 0 Å². The van der Waals surface area contributed by atoms with E-state index in [1.54, 1.807) is 0 Å². The Balaban J connectivity index is 1.90. The Morgan fingerprint density at radius 3 is 1.71 bits per heavy atom. The molecule has 1 heteroatoms. The van der Waals surface area contributed by atoms with Gasteiger partial charge in [-0.2, -0.15) is 0 Å². The van der Waals surface area contributed by atoms with Gasteiger partial charge in [-0.15, -0.1) is 0 Å². The van der Waals surface area contributed by atoms with Gasteiger partial charge >= 0.3 is 0 Å². The summed E-state index contributed by atoms with van der Waals surface area (Å²) in [5.41, 5.74) is 0. The lowest BCUT2D eigenvalue weighted by Crippen LogP contribution is -2.43. The molecule has 0 aromatic rings. The molecule has 2 aliphatic carbocycles. The van der Waals surface area contributed by atoms with Crippen LogP contribution in [-0.2, 0) is 0 Å². The van der Waals surface area contributed by atoms with Crippen LogP contribution >= 0.6 is 0 Å². The Bertz CT molecular complexity index is 172. The average Bonchev–Trinajstić information content (AvgIpc) is 2.42. The monoisotopic (exact) mass is 236 g/mol. The molecule has 0 heterocycles. The van der Waals surface area contributed by atoms with Crippen LogP contribution in [0.15, 0.2) is 0 Å². The first-order chi connectivity index (χ1) is 8.42. The minimum absolute atomic E-state index is 0.887. The van der Waals surface area contributed by atoms with Crippen LogP contribution in [0.1, 0.15) is 84.0 Å². The third kappa shape index (κ3) is 3.98. The zero-order chi connectivity index (χ0) is 11.9. The molecule has 17 heavy (non-hydrogen) atoms. The quantitative estimate of drug-likeness (QED) is 0.655. The van der Waals surface area contributed by atoms with Crippen LogP contribution in [0.3, 0.4) is 0 Å². The first kappa shape index (κ1) is 13.4. The van der Waals surface area contributed by atoms with E-state index in [1.807, 2.05) is 0 Å². The summed E-state index contributed by atoms with van der Waals surface area (Å²) < 4.78 is 0. The Morgan fingerprint density at radius 1 is 0.824 bits per heavy atom. The van der Waals surface area contributed by atoms with Crippen LogP contribution in [0, 0.1) is 6.54 Å². The van der Waals surface area contributed by atoms with Crippen LogP contribution in [0.2, 0.25) is 0 Å². The standard InChI is InChI=1S/C16H30N/c1-2-3-14-17(15-10-6-4-7-11-15)16-12-8-5-9-13-16/h14-16H,2-13H2,1H3. The summed E-state index contributed by atoms with van der Waals surface area (Å²) in [6, 6.07) is 1.77. The van der Waals surface area contributed by atoms with Crippen molar-refractivity contribution in [1.29, 1.82) is 0 Å². The van der Waals surface area contributed by atoms with E-state index in [2.05, 4.69) is 18.4 Å². The predicted octanol–water partition coefficient (Wildman–Crippen LogP) is 4.92. The van der Waals surface area contributed by atoms with E-state index < -0.39 is 0 Å². The molecular formula is C16H30N. The summed E-state index contributed by atoms with van der Waals surface area (Å²) in [7, 11) is 0. The van der Waals surface area contributed by atoms with Crippen molar-refractivity contribution in [2.24, 2.45) is 0 Å². The highest BCUT2D eigenvalue weighted by molar-refractivity contribution is 4.87. The second-order valence-electron chi connectivity index (χ2n) is 6.00. The van der Waals surface area contributed by atoms with Gasteiger partial charge in [0.05, 0.1) is 0 Å². The van der Waals surface area contributed by atoms with Gasteiger partial charge in [-0.05, 0) is 32.1 Å². The van der Waals surface area contributed by atoms with Crippen LogP contribution in [0.4, 0.5) is 0 Å². The lowest BCUT2D eigenvalue weighted by atomic mass is 9.88. The fraction of sp³-hybridized carbons (Fsp3) is 0.938. The zero-order valence-electron chi connectivity index (χ0n) is 11.7. The summed E-state index contributed by atoms with van der Waals surface area (Å²) in [6.45, 7) is 4.86. The van der Waals surface area contributed by atoms with Crippen molar-refractivity contribution < 1.29 is 0 Å². The molecular weight excluding hydrogens is 206 g/mol. The van der Waals surface area contributed by atoms with Gasteiger partial charge < -0.3 is 0 Å². The maximum atomic E-state index is 2.81. The molecule has 99 valence electrons. The fourth-order valence-corrected chi connectivity index (χ4v) is 3.63. The van der Waals surface area contributed by atoms with E-state index in [0.717, 1.165) is 12.1 Å². The number of unbranched alkanes of at least 4 members (excludes halogenated alkanes) is 1. The predicted molar refractivity (Wildman–Crippen MR) is 74.8 cm³/mol. The van der Waals surface area contributed by atoms with Crippen LogP contribution in [-0.4, -0.2) is 17.0 Å². The van der Waals surface area contributed by atoms with E-state index in [9.17, 15) is 0 Å². The van der Waals surface area contributed by atoms with Crippen LogP contribution in [0.5, 0.6) is 0 Å². The first-order valence-corrected chi connectivity index (χ1v) is 8.02. The number of hydrogen-bond donors (Lipinski definition) is 0. The lowest BCUT2D eigenvalue weighted by molar-refractivity contribution is 0.109. The molecule has 2 fully saturated rings. The highest BCUT2D eigenvalue weighted by Gasteiger charge is 2.28. The fourth-order valence-electron chi connectivity index (χ4n) is 3.63. The molecule has 0 aromatic heterocycles. The Kier molecular flexibility index (Phi) is 5.84. The third-order valence-corrected chi connectivity index (χ3v) is 4.62. The molecule has 0 spiro atoms. The molecule has 0 aliphatic heterocycles. The molecule has 1 radical (unpaired) electrons. The highest BCUT2D eigenvalue weighted by atomic mass is 15.2. The average molecular weight is 236 g/mol. The van der Waals surface area contributed by atoms with Crippen molar-refractivity contribution in [2.45, 2.75) is 96.1 Å². The number of hydrogen-bond acceptors (Lipinski definition) is 1. The van der Waals surface area contributed by atoms with Crippen LogP contribution < -0.4 is 0 Å². The van der Waals surface area contributed by atoms with Gasteiger partial charge in [0.2, 0.25) is 0 Å². The summed E-state index contributed by atoms with van der Waals surface area (Å²) in [5.74, 6) is 0. The Hall–Kier alpha value is -0.0400. The van der Waals surface area contributed by atoms with Crippen molar-refractivity contribution in [2.75, 3.05) is 0 Å². The molecule has 0 N–H and O–H groups in total. The smallest absolute Gasteiger partial charge is 0.0257 e. The van der Waals surface area contributed by atoms with Gasteiger partial charge in [0.15, 0.2) is 0 Å². The molecule has 0 aromatic carbocycles. The first-order valence-electron chi connectivity index (χ1n) is 8.02. The van der Waals surface area contributed by atoms with Crippen molar-refractivity contribution >= 4 is 0 Å². The normalized spacial score (nSPS) is 24.4. The van der Waals surface area contributed by atoms with Crippen molar-refractivity contribution in [3.05, 3.63) is 6.54 Å². The lowest BCUT2D eigenvalue weighted by Gasteiger charge is -2.41. The molecule has 0 unspecified atom stereocenters. The maximum absolute atomic E-state index is 2.81. The molecule has 0 saturated heterocycles. The van der Waals surface area contributed by atoms with E-state index in [0.29, 0.717) is 0 Å². The summed E-state index contributed by atoms with van der Waals surface area (Å²) in [6.07, 6.45) is 17.2. The van der Waals surface area contributed by atoms with Gasteiger partial charge in [-0.25, -0.2) is 0 Å². The molecule has 2 saturated carbocycles.